The Morgan fingerprint density at radius 2 is 2.30 bits per heavy atom. The summed E-state index contributed by atoms with van der Waals surface area (Å²) < 4.78 is 15.9. The van der Waals surface area contributed by atoms with Gasteiger partial charge in [0.25, 0.3) is 9.41 Å². The summed E-state index contributed by atoms with van der Waals surface area (Å²) in [7, 11) is -0.897. The third-order valence-corrected chi connectivity index (χ3v) is 2.01. The van der Waals surface area contributed by atoms with Gasteiger partial charge in [-0.1, -0.05) is 12.2 Å². The summed E-state index contributed by atoms with van der Waals surface area (Å²) in [5.41, 5.74) is 0. The van der Waals surface area contributed by atoms with Crippen LogP contribution in [0.4, 0.5) is 0 Å². The maximum absolute atomic E-state index is 10.6. The second kappa shape index (κ2) is 4.52. The van der Waals surface area contributed by atoms with Gasteiger partial charge >= 0.3 is 0 Å². The largest absolute Gasteiger partial charge is 0.389 e. The highest BCUT2D eigenvalue weighted by Crippen LogP contribution is 2.06. The number of hydrogen-bond donors (Lipinski definition) is 0. The predicted molar refractivity (Wildman–Crippen MR) is 42.7 cm³/mol. The predicted octanol–water partition coefficient (Wildman–Crippen LogP) is 1.10. The summed E-state index contributed by atoms with van der Waals surface area (Å²) in [6.07, 6.45) is 3.69. The highest BCUT2D eigenvalue weighted by atomic mass is 28.2. The van der Waals surface area contributed by atoms with Crippen LogP contribution >= 0.6 is 0 Å². The summed E-state index contributed by atoms with van der Waals surface area (Å²) >= 11 is 0. The van der Waals surface area contributed by atoms with Gasteiger partial charge in [0.2, 0.25) is 0 Å². The fraction of sp³-hybridized carbons (Fsp3) is 0.714. The SMILES string of the molecule is CC=CC(C)(OCC)[SiH]=O. The number of rotatable bonds is 4. The summed E-state index contributed by atoms with van der Waals surface area (Å²) in [5, 5.41) is -0.510. The lowest BCUT2D eigenvalue weighted by Crippen LogP contribution is -2.29. The minimum Gasteiger partial charge on any atom is -0.389 e. The maximum atomic E-state index is 10.6. The van der Waals surface area contributed by atoms with Crippen molar-refractivity contribution in [1.29, 1.82) is 0 Å². The molecule has 0 radical (unpaired) electrons. The number of allylic oxidation sites excluding steroid dienone is 1. The Hall–Kier alpha value is -0.283. The normalized spacial score (nSPS) is 17.1. The van der Waals surface area contributed by atoms with Crippen molar-refractivity contribution in [3.8, 4) is 0 Å². The number of ether oxygens (including phenoxy) is 1. The summed E-state index contributed by atoms with van der Waals surface area (Å²) in [6.45, 7) is 6.23. The molecule has 0 heterocycles. The zero-order chi connectivity index (χ0) is 8.04. The summed E-state index contributed by atoms with van der Waals surface area (Å²) in [4.78, 5) is 0. The molecule has 0 rings (SSSR count). The van der Waals surface area contributed by atoms with Crippen molar-refractivity contribution in [3.63, 3.8) is 0 Å². The molecule has 0 fully saturated rings. The van der Waals surface area contributed by atoms with Crippen LogP contribution in [-0.2, 0) is 9.20 Å². The lowest BCUT2D eigenvalue weighted by molar-refractivity contribution is 0.0709. The average molecular weight is 158 g/mol. The average Bonchev–Trinajstić information content (AvgIpc) is 1.89. The molecule has 0 saturated carbocycles. The summed E-state index contributed by atoms with van der Waals surface area (Å²) in [5.74, 6) is 0. The van der Waals surface area contributed by atoms with Crippen molar-refractivity contribution in [2.24, 2.45) is 0 Å². The first kappa shape index (κ1) is 9.72. The number of hydrogen-bond acceptors (Lipinski definition) is 2. The lowest BCUT2D eigenvalue weighted by atomic mass is 10.3. The van der Waals surface area contributed by atoms with Crippen LogP contribution in [0.2, 0.25) is 0 Å². The highest BCUT2D eigenvalue weighted by molar-refractivity contribution is 6.23. The second-order valence-corrected chi connectivity index (χ2v) is 3.62. The van der Waals surface area contributed by atoms with Gasteiger partial charge < -0.3 is 9.20 Å². The van der Waals surface area contributed by atoms with Crippen LogP contribution in [0, 0.1) is 0 Å². The molecule has 0 aromatic carbocycles. The van der Waals surface area contributed by atoms with E-state index in [1.165, 1.54) is 0 Å². The molecule has 1 atom stereocenters. The molecule has 2 nitrogen and oxygen atoms in total. The lowest BCUT2D eigenvalue weighted by Gasteiger charge is -2.17. The van der Waals surface area contributed by atoms with E-state index >= 15 is 0 Å². The maximum Gasteiger partial charge on any atom is 0.298 e. The fourth-order valence-corrected chi connectivity index (χ4v) is 1.27. The minimum atomic E-state index is -0.897. The van der Waals surface area contributed by atoms with Gasteiger partial charge in [0.1, 0.15) is 5.22 Å². The topological polar surface area (TPSA) is 26.3 Å². The van der Waals surface area contributed by atoms with Crippen molar-refractivity contribution in [2.45, 2.75) is 26.0 Å². The standard InChI is InChI=1S/C7H14O2Si/c1-4-6-7(3,10-8)9-5-2/h4,6,10H,5H2,1-3H3. The molecule has 3 heteroatoms. The molecule has 0 aromatic heterocycles. The molecule has 0 aliphatic carbocycles. The van der Waals surface area contributed by atoms with Crippen molar-refractivity contribution >= 4 is 9.41 Å². The Kier molecular flexibility index (Phi) is 4.39. The van der Waals surface area contributed by atoms with Crippen molar-refractivity contribution < 1.29 is 9.20 Å². The monoisotopic (exact) mass is 158 g/mol. The van der Waals surface area contributed by atoms with E-state index in [0.717, 1.165) is 0 Å². The van der Waals surface area contributed by atoms with E-state index in [1.54, 1.807) is 0 Å². The van der Waals surface area contributed by atoms with E-state index in [0.29, 0.717) is 6.61 Å². The molecule has 0 bridgehead atoms. The fourth-order valence-electron chi connectivity index (χ4n) is 0.763. The molecule has 0 N–H and O–H groups in total. The first-order valence-electron chi connectivity index (χ1n) is 3.42. The van der Waals surface area contributed by atoms with Gasteiger partial charge in [0, 0.05) is 6.61 Å². The van der Waals surface area contributed by atoms with Gasteiger partial charge in [-0.3, -0.25) is 0 Å². The third kappa shape index (κ3) is 3.03. The van der Waals surface area contributed by atoms with Crippen LogP contribution in [0.25, 0.3) is 0 Å². The second-order valence-electron chi connectivity index (χ2n) is 2.23. The Balaban J connectivity index is 4.07. The smallest absolute Gasteiger partial charge is 0.298 e. The van der Waals surface area contributed by atoms with Crippen molar-refractivity contribution in [2.75, 3.05) is 6.61 Å². The van der Waals surface area contributed by atoms with Crippen LogP contribution in [-0.4, -0.2) is 21.2 Å². The van der Waals surface area contributed by atoms with Gasteiger partial charge in [-0.15, -0.1) is 0 Å². The van der Waals surface area contributed by atoms with Crippen LogP contribution in [0.1, 0.15) is 20.8 Å². The molecule has 10 heavy (non-hydrogen) atoms. The Morgan fingerprint density at radius 1 is 1.70 bits per heavy atom. The molecule has 0 aliphatic heterocycles. The van der Waals surface area contributed by atoms with Gasteiger partial charge in [-0.2, -0.15) is 0 Å². The molecule has 58 valence electrons. The van der Waals surface area contributed by atoms with Crippen LogP contribution < -0.4 is 0 Å². The first-order valence-corrected chi connectivity index (χ1v) is 4.47. The van der Waals surface area contributed by atoms with E-state index in [2.05, 4.69) is 0 Å². The zero-order valence-corrected chi connectivity index (χ0v) is 7.91. The van der Waals surface area contributed by atoms with E-state index in [9.17, 15) is 4.46 Å². The molecule has 1 unspecified atom stereocenters. The molecule has 0 amide bonds. The molecule has 0 aliphatic rings. The quantitative estimate of drug-likeness (QED) is 0.452. The Labute approximate surface area is 64.2 Å². The third-order valence-electron chi connectivity index (χ3n) is 1.19. The van der Waals surface area contributed by atoms with Crippen LogP contribution in [0.5, 0.6) is 0 Å². The van der Waals surface area contributed by atoms with E-state index in [1.807, 2.05) is 32.9 Å². The minimum absolute atomic E-state index is 0.510. The van der Waals surface area contributed by atoms with Gasteiger partial charge in [0.15, 0.2) is 0 Å². The van der Waals surface area contributed by atoms with E-state index < -0.39 is 14.6 Å². The highest BCUT2D eigenvalue weighted by Gasteiger charge is 2.19. The van der Waals surface area contributed by atoms with Gasteiger partial charge in [0.05, 0.1) is 0 Å². The molecule has 0 aromatic rings. The Bertz CT molecular complexity index is 134. The molecular weight excluding hydrogens is 144 g/mol. The molecule has 0 saturated heterocycles. The zero-order valence-electron chi connectivity index (χ0n) is 6.76. The first-order chi connectivity index (χ1) is 4.68. The Morgan fingerprint density at radius 3 is 2.60 bits per heavy atom. The van der Waals surface area contributed by atoms with Crippen molar-refractivity contribution in [1.82, 2.24) is 0 Å². The van der Waals surface area contributed by atoms with Crippen LogP contribution in [0.15, 0.2) is 12.2 Å². The molecular formula is C7H14O2Si. The van der Waals surface area contributed by atoms with E-state index in [4.69, 9.17) is 4.74 Å². The van der Waals surface area contributed by atoms with Gasteiger partial charge in [-0.05, 0) is 20.8 Å². The van der Waals surface area contributed by atoms with Crippen LogP contribution in [0.3, 0.4) is 0 Å². The van der Waals surface area contributed by atoms with Gasteiger partial charge in [-0.25, -0.2) is 0 Å². The van der Waals surface area contributed by atoms with E-state index in [-0.39, 0.29) is 0 Å². The molecule has 0 spiro atoms. The van der Waals surface area contributed by atoms with Crippen molar-refractivity contribution in [3.05, 3.63) is 12.2 Å². The summed E-state index contributed by atoms with van der Waals surface area (Å²) in [6, 6.07) is 0.